The summed E-state index contributed by atoms with van der Waals surface area (Å²) in [6, 6.07) is 11.6. The van der Waals surface area contributed by atoms with Gasteiger partial charge in [-0.2, -0.15) is 0 Å². The van der Waals surface area contributed by atoms with Crippen LogP contribution in [-0.4, -0.2) is 53.1 Å². The smallest absolute Gasteiger partial charge is 0.128 e. The number of hydrogen-bond donors (Lipinski definition) is 1. The van der Waals surface area contributed by atoms with E-state index >= 15 is 0 Å². The molecule has 1 fully saturated rings. The number of likely N-dealkylation sites (N-methyl/N-ethyl adjacent to an activating group) is 1. The first-order valence-electron chi connectivity index (χ1n) is 8.38. The van der Waals surface area contributed by atoms with Crippen LogP contribution in [0.15, 0.2) is 36.4 Å². The zero-order valence-electron chi connectivity index (χ0n) is 14.1. The van der Waals surface area contributed by atoms with Crippen molar-refractivity contribution in [3.63, 3.8) is 0 Å². The van der Waals surface area contributed by atoms with Gasteiger partial charge in [0, 0.05) is 37.7 Å². The number of halogens is 1. The highest BCUT2D eigenvalue weighted by molar-refractivity contribution is 7.21. The number of aromatic nitrogens is 1. The lowest BCUT2D eigenvalue weighted by molar-refractivity contribution is 0.148. The summed E-state index contributed by atoms with van der Waals surface area (Å²) in [7, 11) is 2.18. The molecule has 25 heavy (non-hydrogen) atoms. The zero-order valence-corrected chi connectivity index (χ0v) is 15.6. The molecule has 130 valence electrons. The largest absolute Gasteiger partial charge is 0.507 e. The molecule has 1 N–H and O–H groups in total. The molecule has 4 rings (SSSR count). The number of phenols is 1. The number of rotatable bonds is 3. The molecule has 4 nitrogen and oxygen atoms in total. The van der Waals surface area contributed by atoms with Gasteiger partial charge in [-0.05, 0) is 42.9 Å². The molecule has 0 aliphatic carbocycles. The molecule has 1 aliphatic rings. The van der Waals surface area contributed by atoms with Crippen molar-refractivity contribution in [3.05, 3.63) is 47.0 Å². The van der Waals surface area contributed by atoms with Gasteiger partial charge in [-0.15, -0.1) is 11.3 Å². The average molecular weight is 374 g/mol. The van der Waals surface area contributed by atoms with Gasteiger partial charge in [0.15, 0.2) is 0 Å². The number of nitrogens with zero attached hydrogens (tertiary/aromatic N) is 3. The molecule has 0 saturated carbocycles. The molecular formula is C19H20ClN3OS. The summed E-state index contributed by atoms with van der Waals surface area (Å²) < 4.78 is 1.15. The molecule has 0 bridgehead atoms. The number of fused-ring (bicyclic) bond motifs is 1. The van der Waals surface area contributed by atoms with E-state index in [0.29, 0.717) is 5.02 Å². The number of thiazole rings is 1. The van der Waals surface area contributed by atoms with Crippen LogP contribution in [0, 0.1) is 0 Å². The van der Waals surface area contributed by atoms with E-state index in [-0.39, 0.29) is 5.75 Å². The third-order valence-electron chi connectivity index (χ3n) is 4.65. The van der Waals surface area contributed by atoms with Crippen LogP contribution in [0.25, 0.3) is 20.8 Å². The van der Waals surface area contributed by atoms with Gasteiger partial charge < -0.3 is 10.0 Å². The lowest BCUT2D eigenvalue weighted by Gasteiger charge is -2.32. The monoisotopic (exact) mass is 373 g/mol. The van der Waals surface area contributed by atoms with Crippen LogP contribution < -0.4 is 0 Å². The molecule has 0 atom stereocenters. The summed E-state index contributed by atoms with van der Waals surface area (Å²) in [6.45, 7) is 5.46. The molecule has 0 spiro atoms. The Hall–Kier alpha value is -1.66. The van der Waals surface area contributed by atoms with Gasteiger partial charge in [0.05, 0.1) is 15.8 Å². The molecule has 1 aliphatic heterocycles. The Morgan fingerprint density at radius 2 is 1.92 bits per heavy atom. The van der Waals surface area contributed by atoms with Crippen molar-refractivity contribution in [1.29, 1.82) is 0 Å². The first-order chi connectivity index (χ1) is 12.1. The normalized spacial score (nSPS) is 16.6. The summed E-state index contributed by atoms with van der Waals surface area (Å²) >= 11 is 7.53. The second-order valence-electron chi connectivity index (χ2n) is 6.56. The average Bonchev–Trinajstić information content (AvgIpc) is 3.00. The second kappa shape index (κ2) is 6.92. The molecule has 2 heterocycles. The summed E-state index contributed by atoms with van der Waals surface area (Å²) in [6.07, 6.45) is 0. The van der Waals surface area contributed by atoms with E-state index < -0.39 is 0 Å². The summed E-state index contributed by atoms with van der Waals surface area (Å²) in [5.41, 5.74) is 3.01. The van der Waals surface area contributed by atoms with Crippen molar-refractivity contribution in [3.8, 4) is 16.3 Å². The van der Waals surface area contributed by atoms with Crippen LogP contribution in [0.1, 0.15) is 5.56 Å². The number of piperazine rings is 1. The van der Waals surface area contributed by atoms with Gasteiger partial charge in [-0.3, -0.25) is 4.90 Å². The topological polar surface area (TPSA) is 39.6 Å². The second-order valence-corrected chi connectivity index (χ2v) is 8.03. The van der Waals surface area contributed by atoms with E-state index in [9.17, 15) is 5.11 Å². The van der Waals surface area contributed by atoms with E-state index in [1.165, 1.54) is 5.56 Å². The summed E-state index contributed by atoms with van der Waals surface area (Å²) in [4.78, 5) is 9.53. The van der Waals surface area contributed by atoms with Crippen molar-refractivity contribution in [2.45, 2.75) is 6.54 Å². The molecule has 1 aromatic heterocycles. The summed E-state index contributed by atoms with van der Waals surface area (Å²) in [5, 5.41) is 11.5. The third-order valence-corrected chi connectivity index (χ3v) is 5.93. The van der Waals surface area contributed by atoms with Gasteiger partial charge in [-0.1, -0.05) is 17.7 Å². The van der Waals surface area contributed by atoms with Crippen LogP contribution in [0.4, 0.5) is 0 Å². The predicted octanol–water partition coefficient (Wildman–Crippen LogP) is 4.07. The fourth-order valence-corrected chi connectivity index (χ4v) is 4.36. The van der Waals surface area contributed by atoms with Gasteiger partial charge >= 0.3 is 0 Å². The fourth-order valence-electron chi connectivity index (χ4n) is 3.13. The van der Waals surface area contributed by atoms with Gasteiger partial charge in [0.1, 0.15) is 10.8 Å². The first-order valence-corrected chi connectivity index (χ1v) is 9.57. The standard InChI is InChI=1S/C19H20ClN3OS/c1-22-6-8-23(9-7-22)12-13-2-5-16-18(10-13)25-19(21-16)15-4-3-14(20)11-17(15)24/h2-5,10-11,24H,6-9,12H2,1H3. The van der Waals surface area contributed by atoms with E-state index in [0.717, 1.165) is 53.5 Å². The van der Waals surface area contributed by atoms with Crippen molar-refractivity contribution in [2.75, 3.05) is 33.2 Å². The SMILES string of the molecule is CN1CCN(Cc2ccc3nc(-c4ccc(Cl)cc4O)sc3c2)CC1. The predicted molar refractivity (Wildman–Crippen MR) is 105 cm³/mol. The molecule has 0 radical (unpaired) electrons. The Bertz CT molecular complexity index is 903. The highest BCUT2D eigenvalue weighted by Gasteiger charge is 2.15. The van der Waals surface area contributed by atoms with E-state index in [4.69, 9.17) is 11.6 Å². The zero-order chi connectivity index (χ0) is 17.4. The Balaban J connectivity index is 1.59. The Morgan fingerprint density at radius 1 is 1.12 bits per heavy atom. The van der Waals surface area contributed by atoms with Gasteiger partial charge in [0.2, 0.25) is 0 Å². The maximum atomic E-state index is 10.1. The Labute approximate surface area is 156 Å². The molecule has 6 heteroatoms. The van der Waals surface area contributed by atoms with Gasteiger partial charge in [-0.25, -0.2) is 4.98 Å². The lowest BCUT2D eigenvalue weighted by Crippen LogP contribution is -2.43. The molecule has 1 saturated heterocycles. The minimum Gasteiger partial charge on any atom is -0.507 e. The third kappa shape index (κ3) is 3.65. The highest BCUT2D eigenvalue weighted by Crippen LogP contribution is 2.36. The minimum absolute atomic E-state index is 0.171. The van der Waals surface area contributed by atoms with E-state index in [1.807, 2.05) is 6.07 Å². The van der Waals surface area contributed by atoms with Crippen molar-refractivity contribution in [1.82, 2.24) is 14.8 Å². The van der Waals surface area contributed by atoms with Crippen LogP contribution in [0.5, 0.6) is 5.75 Å². The van der Waals surface area contributed by atoms with Crippen molar-refractivity contribution >= 4 is 33.2 Å². The van der Waals surface area contributed by atoms with Crippen LogP contribution in [-0.2, 0) is 6.54 Å². The van der Waals surface area contributed by atoms with E-state index in [2.05, 4.69) is 40.0 Å². The highest BCUT2D eigenvalue weighted by atomic mass is 35.5. The number of aromatic hydroxyl groups is 1. The lowest BCUT2D eigenvalue weighted by atomic mass is 10.2. The number of benzene rings is 2. The van der Waals surface area contributed by atoms with E-state index in [1.54, 1.807) is 23.5 Å². The van der Waals surface area contributed by atoms with Crippen molar-refractivity contribution < 1.29 is 5.11 Å². The fraction of sp³-hybridized carbons (Fsp3) is 0.316. The Morgan fingerprint density at radius 3 is 2.68 bits per heavy atom. The quantitative estimate of drug-likeness (QED) is 0.751. The Kier molecular flexibility index (Phi) is 4.65. The van der Waals surface area contributed by atoms with Crippen LogP contribution >= 0.6 is 22.9 Å². The maximum Gasteiger partial charge on any atom is 0.128 e. The molecule has 0 amide bonds. The van der Waals surface area contributed by atoms with Crippen LogP contribution in [0.2, 0.25) is 5.02 Å². The molecular weight excluding hydrogens is 354 g/mol. The number of phenolic OH excluding ortho intramolecular Hbond substituents is 1. The molecule has 2 aromatic carbocycles. The minimum atomic E-state index is 0.171. The van der Waals surface area contributed by atoms with Crippen molar-refractivity contribution in [2.24, 2.45) is 0 Å². The molecule has 0 unspecified atom stereocenters. The first kappa shape index (κ1) is 16.8. The summed E-state index contributed by atoms with van der Waals surface area (Å²) in [5.74, 6) is 0.171. The maximum absolute atomic E-state index is 10.1. The number of hydrogen-bond acceptors (Lipinski definition) is 5. The van der Waals surface area contributed by atoms with Gasteiger partial charge in [0.25, 0.3) is 0 Å². The molecule has 3 aromatic rings. The van der Waals surface area contributed by atoms with Crippen LogP contribution in [0.3, 0.4) is 0 Å².